The van der Waals surface area contributed by atoms with Crippen LogP contribution in [0.25, 0.3) is 0 Å². The van der Waals surface area contributed by atoms with Gasteiger partial charge in [-0.05, 0) is 31.2 Å². The summed E-state index contributed by atoms with van der Waals surface area (Å²) in [5.41, 5.74) is 1.27. The van der Waals surface area contributed by atoms with Crippen molar-refractivity contribution >= 4 is 5.97 Å². The first-order valence-electron chi connectivity index (χ1n) is 5.54. The topological polar surface area (TPSA) is 26.3 Å². The van der Waals surface area contributed by atoms with Gasteiger partial charge in [0.2, 0.25) is 0 Å². The van der Waals surface area contributed by atoms with E-state index < -0.39 is 0 Å². The Morgan fingerprint density at radius 2 is 2.07 bits per heavy atom. The lowest BCUT2D eigenvalue weighted by Gasteiger charge is -2.34. The summed E-state index contributed by atoms with van der Waals surface area (Å²) in [6.07, 6.45) is 2.08. The third-order valence-corrected chi connectivity index (χ3v) is 3.09. The molecule has 0 unspecified atom stereocenters. The van der Waals surface area contributed by atoms with Crippen LogP contribution in [-0.2, 0) is 9.53 Å². The maximum atomic E-state index is 11.6. The smallest absolute Gasteiger partial charge is 0.309 e. The molecule has 2 atom stereocenters. The largest absolute Gasteiger partial charge is 0.466 e. The van der Waals surface area contributed by atoms with Crippen molar-refractivity contribution < 1.29 is 9.53 Å². The SMILES string of the molecule is CCOC(=O)[C@@H]1CC[C@H]1c1ccccc1. The van der Waals surface area contributed by atoms with Gasteiger partial charge in [-0.2, -0.15) is 0 Å². The van der Waals surface area contributed by atoms with Gasteiger partial charge in [-0.25, -0.2) is 0 Å². The fourth-order valence-electron chi connectivity index (χ4n) is 2.13. The molecule has 2 nitrogen and oxygen atoms in total. The van der Waals surface area contributed by atoms with Crippen molar-refractivity contribution in [1.29, 1.82) is 0 Å². The number of hydrogen-bond donors (Lipinski definition) is 0. The number of hydrogen-bond acceptors (Lipinski definition) is 2. The Bertz CT molecular complexity index is 332. The number of rotatable bonds is 3. The van der Waals surface area contributed by atoms with Crippen molar-refractivity contribution in [2.45, 2.75) is 25.7 Å². The van der Waals surface area contributed by atoms with Crippen LogP contribution in [0.15, 0.2) is 30.3 Å². The first-order chi connectivity index (χ1) is 7.33. The molecule has 0 aliphatic heterocycles. The van der Waals surface area contributed by atoms with Gasteiger partial charge in [0.05, 0.1) is 12.5 Å². The number of carbonyl (C=O) groups is 1. The molecule has 0 spiro atoms. The average molecular weight is 204 g/mol. The summed E-state index contributed by atoms with van der Waals surface area (Å²) in [6, 6.07) is 10.2. The van der Waals surface area contributed by atoms with E-state index in [-0.39, 0.29) is 11.9 Å². The zero-order valence-electron chi connectivity index (χ0n) is 8.98. The molecule has 15 heavy (non-hydrogen) atoms. The Hall–Kier alpha value is -1.31. The van der Waals surface area contributed by atoms with E-state index in [2.05, 4.69) is 12.1 Å². The van der Waals surface area contributed by atoms with Crippen LogP contribution < -0.4 is 0 Å². The van der Waals surface area contributed by atoms with Gasteiger partial charge >= 0.3 is 5.97 Å². The standard InChI is InChI=1S/C13H16O2/c1-2-15-13(14)12-9-8-11(12)10-6-4-3-5-7-10/h3-7,11-12H,2,8-9H2,1H3/t11-,12+/m0/s1. The van der Waals surface area contributed by atoms with Crippen molar-refractivity contribution in [1.82, 2.24) is 0 Å². The average Bonchev–Trinajstić information content (AvgIpc) is 2.18. The predicted octanol–water partition coefficient (Wildman–Crippen LogP) is 2.74. The highest BCUT2D eigenvalue weighted by Gasteiger charge is 2.38. The van der Waals surface area contributed by atoms with E-state index in [1.807, 2.05) is 25.1 Å². The van der Waals surface area contributed by atoms with E-state index in [0.29, 0.717) is 12.5 Å². The van der Waals surface area contributed by atoms with E-state index in [0.717, 1.165) is 12.8 Å². The Morgan fingerprint density at radius 3 is 2.60 bits per heavy atom. The highest BCUT2D eigenvalue weighted by molar-refractivity contribution is 5.75. The van der Waals surface area contributed by atoms with Gasteiger partial charge in [-0.15, -0.1) is 0 Å². The minimum absolute atomic E-state index is 0.0300. The molecule has 1 saturated carbocycles. The quantitative estimate of drug-likeness (QED) is 0.708. The third-order valence-electron chi connectivity index (χ3n) is 3.09. The molecule has 0 saturated heterocycles. The second-order valence-electron chi connectivity index (χ2n) is 3.95. The summed E-state index contributed by atoms with van der Waals surface area (Å²) in [6.45, 7) is 2.34. The highest BCUT2D eigenvalue weighted by atomic mass is 16.5. The van der Waals surface area contributed by atoms with Gasteiger partial charge in [-0.3, -0.25) is 4.79 Å². The van der Waals surface area contributed by atoms with E-state index in [1.54, 1.807) is 0 Å². The molecular weight excluding hydrogens is 188 g/mol. The zero-order chi connectivity index (χ0) is 10.7. The molecule has 1 aliphatic rings. The molecule has 2 rings (SSSR count). The molecule has 0 N–H and O–H groups in total. The summed E-state index contributed by atoms with van der Waals surface area (Å²) < 4.78 is 5.06. The Morgan fingerprint density at radius 1 is 1.33 bits per heavy atom. The Balaban J connectivity index is 2.03. The van der Waals surface area contributed by atoms with E-state index >= 15 is 0 Å². The van der Waals surface area contributed by atoms with Crippen LogP contribution in [0, 0.1) is 5.92 Å². The summed E-state index contributed by atoms with van der Waals surface area (Å²) >= 11 is 0. The number of benzene rings is 1. The zero-order valence-corrected chi connectivity index (χ0v) is 8.98. The van der Waals surface area contributed by atoms with Crippen molar-refractivity contribution in [3.63, 3.8) is 0 Å². The molecular formula is C13H16O2. The van der Waals surface area contributed by atoms with Gasteiger partial charge in [0.1, 0.15) is 0 Å². The second kappa shape index (κ2) is 4.47. The number of carbonyl (C=O) groups excluding carboxylic acids is 1. The van der Waals surface area contributed by atoms with Crippen LogP contribution in [-0.4, -0.2) is 12.6 Å². The van der Waals surface area contributed by atoms with Gasteiger partial charge in [-0.1, -0.05) is 30.3 Å². The van der Waals surface area contributed by atoms with Crippen molar-refractivity contribution in [2.24, 2.45) is 5.92 Å². The minimum Gasteiger partial charge on any atom is -0.466 e. The van der Waals surface area contributed by atoms with Crippen LogP contribution in [0.4, 0.5) is 0 Å². The van der Waals surface area contributed by atoms with Crippen LogP contribution in [0.5, 0.6) is 0 Å². The maximum Gasteiger partial charge on any atom is 0.309 e. The van der Waals surface area contributed by atoms with Crippen molar-refractivity contribution in [3.8, 4) is 0 Å². The lowest BCUT2D eigenvalue weighted by atomic mass is 9.70. The fraction of sp³-hybridized carbons (Fsp3) is 0.462. The molecule has 0 heterocycles. The molecule has 2 heteroatoms. The molecule has 0 bridgehead atoms. The lowest BCUT2D eigenvalue weighted by molar-refractivity contribution is -0.152. The molecule has 1 aromatic rings. The normalized spacial score (nSPS) is 24.3. The van der Waals surface area contributed by atoms with Crippen LogP contribution >= 0.6 is 0 Å². The molecule has 0 aromatic heterocycles. The van der Waals surface area contributed by atoms with Gasteiger partial charge in [0, 0.05) is 0 Å². The van der Waals surface area contributed by atoms with Crippen LogP contribution in [0.2, 0.25) is 0 Å². The summed E-state index contributed by atoms with van der Waals surface area (Å²) in [7, 11) is 0. The Kier molecular flexibility index (Phi) is 3.05. The second-order valence-corrected chi connectivity index (χ2v) is 3.95. The molecule has 0 amide bonds. The summed E-state index contributed by atoms with van der Waals surface area (Å²) in [5.74, 6) is 0.440. The first-order valence-corrected chi connectivity index (χ1v) is 5.54. The number of esters is 1. The molecule has 1 aromatic carbocycles. The van der Waals surface area contributed by atoms with Gasteiger partial charge < -0.3 is 4.74 Å². The molecule has 1 fully saturated rings. The summed E-state index contributed by atoms with van der Waals surface area (Å²) in [4.78, 5) is 11.6. The minimum atomic E-state index is -0.0300. The van der Waals surface area contributed by atoms with E-state index in [9.17, 15) is 4.79 Å². The van der Waals surface area contributed by atoms with Crippen molar-refractivity contribution in [2.75, 3.05) is 6.61 Å². The maximum absolute atomic E-state index is 11.6. The fourth-order valence-corrected chi connectivity index (χ4v) is 2.13. The van der Waals surface area contributed by atoms with Gasteiger partial charge in [0.15, 0.2) is 0 Å². The summed E-state index contributed by atoms with van der Waals surface area (Å²) in [5, 5.41) is 0. The van der Waals surface area contributed by atoms with Crippen LogP contribution in [0.1, 0.15) is 31.2 Å². The molecule has 1 aliphatic carbocycles. The van der Waals surface area contributed by atoms with Crippen LogP contribution in [0.3, 0.4) is 0 Å². The predicted molar refractivity (Wildman–Crippen MR) is 58.5 cm³/mol. The highest BCUT2D eigenvalue weighted by Crippen LogP contribution is 2.42. The monoisotopic (exact) mass is 204 g/mol. The molecule has 0 radical (unpaired) electrons. The van der Waals surface area contributed by atoms with Crippen molar-refractivity contribution in [3.05, 3.63) is 35.9 Å². The van der Waals surface area contributed by atoms with Gasteiger partial charge in [0.25, 0.3) is 0 Å². The lowest BCUT2D eigenvalue weighted by Crippen LogP contribution is -2.32. The first kappa shape index (κ1) is 10.2. The Labute approximate surface area is 90.3 Å². The van der Waals surface area contributed by atoms with E-state index in [4.69, 9.17) is 4.74 Å². The third kappa shape index (κ3) is 2.04. The molecule has 80 valence electrons. The van der Waals surface area contributed by atoms with E-state index in [1.165, 1.54) is 5.56 Å². The number of ether oxygens (including phenoxy) is 1.